The van der Waals surface area contributed by atoms with E-state index in [4.69, 9.17) is 44.3 Å². The van der Waals surface area contributed by atoms with Gasteiger partial charge >= 0.3 is 0 Å². The lowest BCUT2D eigenvalue weighted by Crippen LogP contribution is -2.44. The van der Waals surface area contributed by atoms with Crippen LogP contribution in [0.25, 0.3) is 0 Å². The SMILES string of the molecule is CC1Oc2ccc(NC(=O)CCCOc3ccc(Cl)cc3Cl)cc2N(Cc2ccccc2Cl)C1=O. The summed E-state index contributed by atoms with van der Waals surface area (Å²) in [5.41, 5.74) is 1.95. The molecule has 1 heterocycles. The van der Waals surface area contributed by atoms with Crippen LogP contribution in [-0.2, 0) is 16.1 Å². The van der Waals surface area contributed by atoms with Gasteiger partial charge in [0.25, 0.3) is 5.91 Å². The summed E-state index contributed by atoms with van der Waals surface area (Å²) in [6, 6.07) is 17.6. The fraction of sp³-hybridized carbons (Fsp3) is 0.231. The van der Waals surface area contributed by atoms with Crippen molar-refractivity contribution >= 4 is 58.0 Å². The minimum absolute atomic E-state index is 0.176. The van der Waals surface area contributed by atoms with E-state index >= 15 is 0 Å². The van der Waals surface area contributed by atoms with Crippen LogP contribution in [0.2, 0.25) is 15.1 Å². The average Bonchev–Trinajstić information content (AvgIpc) is 2.82. The Morgan fingerprint density at radius 1 is 1.06 bits per heavy atom. The van der Waals surface area contributed by atoms with Crippen molar-refractivity contribution in [3.05, 3.63) is 81.3 Å². The first-order valence-electron chi connectivity index (χ1n) is 11.0. The number of halogens is 3. The number of carbonyl (C=O) groups excluding carboxylic acids is 2. The van der Waals surface area contributed by atoms with Crippen LogP contribution in [-0.4, -0.2) is 24.5 Å². The molecule has 182 valence electrons. The molecule has 1 aliphatic heterocycles. The Balaban J connectivity index is 1.39. The van der Waals surface area contributed by atoms with E-state index in [2.05, 4.69) is 5.32 Å². The number of amides is 2. The molecule has 1 unspecified atom stereocenters. The maximum absolute atomic E-state index is 12.9. The second kappa shape index (κ2) is 11.2. The summed E-state index contributed by atoms with van der Waals surface area (Å²) in [5, 5.41) is 4.40. The molecule has 35 heavy (non-hydrogen) atoms. The van der Waals surface area contributed by atoms with Gasteiger partial charge in [0, 0.05) is 22.2 Å². The largest absolute Gasteiger partial charge is 0.492 e. The van der Waals surface area contributed by atoms with E-state index in [1.807, 2.05) is 18.2 Å². The van der Waals surface area contributed by atoms with Gasteiger partial charge in [-0.2, -0.15) is 0 Å². The number of nitrogens with one attached hydrogen (secondary N) is 1. The topological polar surface area (TPSA) is 67.9 Å². The summed E-state index contributed by atoms with van der Waals surface area (Å²) in [7, 11) is 0. The highest BCUT2D eigenvalue weighted by Crippen LogP contribution is 2.38. The van der Waals surface area contributed by atoms with Crippen LogP contribution >= 0.6 is 34.8 Å². The van der Waals surface area contributed by atoms with Gasteiger partial charge in [-0.15, -0.1) is 0 Å². The molecule has 3 aromatic carbocycles. The Morgan fingerprint density at radius 2 is 1.86 bits per heavy atom. The summed E-state index contributed by atoms with van der Waals surface area (Å²) in [5.74, 6) is 0.725. The van der Waals surface area contributed by atoms with E-state index < -0.39 is 6.10 Å². The molecule has 1 aliphatic rings. The zero-order chi connectivity index (χ0) is 24.9. The van der Waals surface area contributed by atoms with E-state index in [-0.39, 0.29) is 18.2 Å². The molecule has 0 radical (unpaired) electrons. The zero-order valence-electron chi connectivity index (χ0n) is 18.9. The highest BCUT2D eigenvalue weighted by atomic mass is 35.5. The summed E-state index contributed by atoms with van der Waals surface area (Å²) in [6.45, 7) is 2.33. The molecule has 1 atom stereocenters. The Morgan fingerprint density at radius 3 is 2.63 bits per heavy atom. The van der Waals surface area contributed by atoms with Gasteiger partial charge in [0.1, 0.15) is 11.5 Å². The lowest BCUT2D eigenvalue weighted by atomic mass is 10.1. The molecule has 0 bridgehead atoms. The fourth-order valence-electron chi connectivity index (χ4n) is 3.68. The molecule has 0 aliphatic carbocycles. The Labute approximate surface area is 218 Å². The molecule has 4 rings (SSSR count). The number of hydrogen-bond acceptors (Lipinski definition) is 4. The summed E-state index contributed by atoms with van der Waals surface area (Å²) >= 11 is 18.3. The Hall–Kier alpha value is -2.93. The van der Waals surface area contributed by atoms with Gasteiger partial charge in [-0.25, -0.2) is 0 Å². The second-order valence-electron chi connectivity index (χ2n) is 8.03. The molecular formula is C26H23Cl3N2O4. The molecular weight excluding hydrogens is 511 g/mol. The summed E-state index contributed by atoms with van der Waals surface area (Å²) in [4.78, 5) is 27.0. The van der Waals surface area contributed by atoms with Crippen molar-refractivity contribution < 1.29 is 19.1 Å². The number of nitrogens with zero attached hydrogens (tertiary/aromatic N) is 1. The molecule has 0 aromatic heterocycles. The number of ether oxygens (including phenoxy) is 2. The van der Waals surface area contributed by atoms with Gasteiger partial charge in [-0.1, -0.05) is 53.0 Å². The number of carbonyl (C=O) groups is 2. The third kappa shape index (κ3) is 6.20. The van der Waals surface area contributed by atoms with E-state index in [1.54, 1.807) is 54.3 Å². The third-order valence-corrected chi connectivity index (χ3v) is 6.34. The van der Waals surface area contributed by atoms with Crippen LogP contribution in [0.15, 0.2) is 60.7 Å². The first-order valence-corrected chi connectivity index (χ1v) is 12.2. The molecule has 0 saturated heterocycles. The van der Waals surface area contributed by atoms with Gasteiger partial charge < -0.3 is 19.7 Å². The summed E-state index contributed by atoms with van der Waals surface area (Å²) in [6.07, 6.45) is 0.116. The van der Waals surface area contributed by atoms with Crippen LogP contribution in [0.3, 0.4) is 0 Å². The first-order chi connectivity index (χ1) is 16.8. The highest BCUT2D eigenvalue weighted by molar-refractivity contribution is 6.35. The van der Waals surface area contributed by atoms with Crippen molar-refractivity contribution in [2.45, 2.75) is 32.4 Å². The monoisotopic (exact) mass is 532 g/mol. The van der Waals surface area contributed by atoms with Gasteiger partial charge in [0.05, 0.1) is 23.9 Å². The zero-order valence-corrected chi connectivity index (χ0v) is 21.2. The Bertz CT molecular complexity index is 1250. The maximum Gasteiger partial charge on any atom is 0.268 e. The van der Waals surface area contributed by atoms with Crippen molar-refractivity contribution in [3.63, 3.8) is 0 Å². The number of rotatable bonds is 8. The van der Waals surface area contributed by atoms with Crippen LogP contribution in [0.5, 0.6) is 11.5 Å². The van der Waals surface area contributed by atoms with Crippen molar-refractivity contribution in [2.75, 3.05) is 16.8 Å². The minimum Gasteiger partial charge on any atom is -0.492 e. The molecule has 3 aromatic rings. The molecule has 1 N–H and O–H groups in total. The lowest BCUT2D eigenvalue weighted by molar-refractivity contribution is -0.125. The second-order valence-corrected chi connectivity index (χ2v) is 9.28. The third-order valence-electron chi connectivity index (χ3n) is 5.44. The number of benzene rings is 3. The Kier molecular flexibility index (Phi) is 8.06. The van der Waals surface area contributed by atoms with E-state index in [1.165, 1.54) is 0 Å². The summed E-state index contributed by atoms with van der Waals surface area (Å²) < 4.78 is 11.4. The van der Waals surface area contributed by atoms with Crippen molar-refractivity contribution in [1.29, 1.82) is 0 Å². The van der Waals surface area contributed by atoms with Crippen molar-refractivity contribution in [2.24, 2.45) is 0 Å². The number of fused-ring (bicyclic) bond motifs is 1. The lowest BCUT2D eigenvalue weighted by Gasteiger charge is -2.33. The van der Waals surface area contributed by atoms with Gasteiger partial charge in [0.15, 0.2) is 6.10 Å². The van der Waals surface area contributed by atoms with Gasteiger partial charge in [-0.05, 0) is 61.4 Å². The standard InChI is InChI=1S/C26H23Cl3N2O4/c1-16-26(33)31(15-17-5-2-3-6-20(17)28)22-14-19(9-11-24(22)35-16)30-25(32)7-4-12-34-23-10-8-18(27)13-21(23)29/h2-3,5-6,8-11,13-14,16H,4,7,12,15H2,1H3,(H,30,32). The average molecular weight is 534 g/mol. The highest BCUT2D eigenvalue weighted by Gasteiger charge is 2.32. The van der Waals surface area contributed by atoms with Crippen LogP contribution < -0.4 is 19.7 Å². The maximum atomic E-state index is 12.9. The normalized spacial score (nSPS) is 14.8. The molecule has 6 nitrogen and oxygen atoms in total. The van der Waals surface area contributed by atoms with Gasteiger partial charge in [0.2, 0.25) is 5.91 Å². The first kappa shape index (κ1) is 25.2. The van der Waals surface area contributed by atoms with Crippen LogP contribution in [0.4, 0.5) is 11.4 Å². The number of anilines is 2. The predicted molar refractivity (Wildman–Crippen MR) is 139 cm³/mol. The molecule has 0 spiro atoms. The fourth-order valence-corrected chi connectivity index (χ4v) is 4.33. The van der Waals surface area contributed by atoms with Crippen molar-refractivity contribution in [3.8, 4) is 11.5 Å². The van der Waals surface area contributed by atoms with E-state index in [0.717, 1.165) is 5.56 Å². The van der Waals surface area contributed by atoms with Gasteiger partial charge in [-0.3, -0.25) is 9.59 Å². The quantitative estimate of drug-likeness (QED) is 0.325. The number of hydrogen-bond donors (Lipinski definition) is 1. The van der Waals surface area contributed by atoms with Crippen LogP contribution in [0, 0.1) is 0 Å². The molecule has 2 amide bonds. The minimum atomic E-state index is -0.625. The van der Waals surface area contributed by atoms with E-state index in [9.17, 15) is 9.59 Å². The molecule has 0 fully saturated rings. The van der Waals surface area contributed by atoms with Crippen LogP contribution in [0.1, 0.15) is 25.3 Å². The smallest absolute Gasteiger partial charge is 0.268 e. The molecule has 0 saturated carbocycles. The van der Waals surface area contributed by atoms with Crippen molar-refractivity contribution in [1.82, 2.24) is 0 Å². The molecule has 9 heteroatoms. The van der Waals surface area contributed by atoms with E-state index in [0.29, 0.717) is 57.5 Å². The predicted octanol–water partition coefficient (Wildman–Crippen LogP) is 6.76.